The molecule has 0 aliphatic rings. The Morgan fingerprint density at radius 1 is 1.42 bits per heavy atom. The minimum Gasteiger partial charge on any atom is -0.347 e. The fourth-order valence-corrected chi connectivity index (χ4v) is 2.63. The first kappa shape index (κ1) is 13.7. The van der Waals surface area contributed by atoms with Crippen LogP contribution in [0, 0.1) is 5.82 Å². The highest BCUT2D eigenvalue weighted by molar-refractivity contribution is 7.89. The average molecular weight is 284 g/mol. The van der Waals surface area contributed by atoms with Gasteiger partial charge in [0.05, 0.1) is 6.54 Å². The van der Waals surface area contributed by atoms with Crippen LogP contribution in [-0.2, 0) is 23.1 Å². The van der Waals surface area contributed by atoms with Crippen LogP contribution in [0.4, 0.5) is 4.39 Å². The number of hydrogen-bond donors (Lipinski definition) is 3. The van der Waals surface area contributed by atoms with E-state index in [0.29, 0.717) is 11.4 Å². The number of halogens is 1. The standard InChI is InChI=1S/C11H13FN4O2S/c12-9-2-1-8(6-13)5-10(9)19(17,18)16-7-11-14-3-4-15-11/h1-5,16H,6-7,13H2,(H,14,15). The molecule has 19 heavy (non-hydrogen) atoms. The second-order valence-corrected chi connectivity index (χ2v) is 5.56. The zero-order valence-corrected chi connectivity index (χ0v) is 10.7. The topological polar surface area (TPSA) is 101 Å². The van der Waals surface area contributed by atoms with Crippen molar-refractivity contribution in [1.29, 1.82) is 0 Å². The Balaban J connectivity index is 2.23. The molecule has 1 aromatic heterocycles. The molecule has 6 nitrogen and oxygen atoms in total. The molecule has 0 saturated carbocycles. The lowest BCUT2D eigenvalue weighted by Gasteiger charge is -2.08. The summed E-state index contributed by atoms with van der Waals surface area (Å²) in [5.74, 6) is -0.372. The molecular formula is C11H13FN4O2S. The highest BCUT2D eigenvalue weighted by Gasteiger charge is 2.19. The van der Waals surface area contributed by atoms with E-state index in [1.165, 1.54) is 18.3 Å². The summed E-state index contributed by atoms with van der Waals surface area (Å²) < 4.78 is 39.8. The Kier molecular flexibility index (Phi) is 3.93. The minimum absolute atomic E-state index is 0.0401. The van der Waals surface area contributed by atoms with Gasteiger partial charge in [0.15, 0.2) is 0 Å². The predicted octanol–water partition coefficient (Wildman–Crippen LogP) is 0.486. The number of nitrogens with one attached hydrogen (secondary N) is 2. The number of rotatable bonds is 5. The Hall–Kier alpha value is -1.77. The van der Waals surface area contributed by atoms with Crippen molar-refractivity contribution in [3.63, 3.8) is 0 Å². The molecule has 102 valence electrons. The molecule has 0 saturated heterocycles. The fraction of sp³-hybridized carbons (Fsp3) is 0.182. The zero-order chi connectivity index (χ0) is 13.9. The van der Waals surface area contributed by atoms with Gasteiger partial charge in [-0.3, -0.25) is 0 Å². The maximum atomic E-state index is 13.6. The van der Waals surface area contributed by atoms with Crippen LogP contribution in [0.1, 0.15) is 11.4 Å². The second-order valence-electron chi connectivity index (χ2n) is 3.83. The van der Waals surface area contributed by atoms with Gasteiger partial charge in [0.25, 0.3) is 0 Å². The summed E-state index contributed by atoms with van der Waals surface area (Å²) in [6, 6.07) is 3.75. The summed E-state index contributed by atoms with van der Waals surface area (Å²) in [7, 11) is -3.94. The van der Waals surface area contributed by atoms with Gasteiger partial charge in [-0.25, -0.2) is 22.5 Å². The lowest BCUT2D eigenvalue weighted by atomic mass is 10.2. The smallest absolute Gasteiger partial charge is 0.243 e. The van der Waals surface area contributed by atoms with E-state index >= 15 is 0 Å². The van der Waals surface area contributed by atoms with E-state index in [1.807, 2.05) is 0 Å². The van der Waals surface area contributed by atoms with Crippen molar-refractivity contribution in [2.45, 2.75) is 18.0 Å². The predicted molar refractivity (Wildman–Crippen MR) is 66.9 cm³/mol. The fourth-order valence-electron chi connectivity index (χ4n) is 1.52. The van der Waals surface area contributed by atoms with Crippen molar-refractivity contribution in [2.75, 3.05) is 0 Å². The lowest BCUT2D eigenvalue weighted by molar-refractivity contribution is 0.555. The van der Waals surface area contributed by atoms with Crippen molar-refractivity contribution in [1.82, 2.24) is 14.7 Å². The van der Waals surface area contributed by atoms with E-state index in [-0.39, 0.29) is 13.1 Å². The molecule has 0 radical (unpaired) electrons. The molecule has 0 aliphatic heterocycles. The number of benzene rings is 1. The quantitative estimate of drug-likeness (QED) is 0.743. The Morgan fingerprint density at radius 2 is 2.21 bits per heavy atom. The Morgan fingerprint density at radius 3 is 2.84 bits per heavy atom. The molecule has 0 aliphatic carbocycles. The van der Waals surface area contributed by atoms with Gasteiger partial charge in [-0.1, -0.05) is 6.07 Å². The molecule has 0 unspecified atom stereocenters. The number of hydrogen-bond acceptors (Lipinski definition) is 4. The highest BCUT2D eigenvalue weighted by Crippen LogP contribution is 2.16. The third-order valence-electron chi connectivity index (χ3n) is 2.51. The first-order valence-electron chi connectivity index (χ1n) is 5.49. The van der Waals surface area contributed by atoms with Crippen LogP contribution in [0.3, 0.4) is 0 Å². The number of sulfonamides is 1. The summed E-state index contributed by atoms with van der Waals surface area (Å²) in [6.07, 6.45) is 3.07. The van der Waals surface area contributed by atoms with Gasteiger partial charge in [0.1, 0.15) is 16.5 Å². The van der Waals surface area contributed by atoms with Crippen LogP contribution in [0.2, 0.25) is 0 Å². The molecule has 8 heteroatoms. The zero-order valence-electron chi connectivity index (χ0n) is 9.93. The van der Waals surface area contributed by atoms with E-state index in [1.54, 1.807) is 6.20 Å². The van der Waals surface area contributed by atoms with Gasteiger partial charge in [0, 0.05) is 18.9 Å². The first-order chi connectivity index (χ1) is 9.03. The monoisotopic (exact) mass is 284 g/mol. The third-order valence-corrected chi connectivity index (χ3v) is 3.92. The normalized spacial score (nSPS) is 11.7. The van der Waals surface area contributed by atoms with Crippen molar-refractivity contribution >= 4 is 10.0 Å². The van der Waals surface area contributed by atoms with Gasteiger partial charge < -0.3 is 10.7 Å². The molecule has 0 bridgehead atoms. The van der Waals surface area contributed by atoms with Crippen LogP contribution in [-0.4, -0.2) is 18.4 Å². The molecule has 0 amide bonds. The van der Waals surface area contributed by atoms with Gasteiger partial charge >= 0.3 is 0 Å². The molecule has 1 aromatic carbocycles. The molecule has 2 aromatic rings. The van der Waals surface area contributed by atoms with E-state index in [4.69, 9.17) is 5.73 Å². The van der Waals surface area contributed by atoms with Crippen molar-refractivity contribution < 1.29 is 12.8 Å². The lowest BCUT2D eigenvalue weighted by Crippen LogP contribution is -2.25. The van der Waals surface area contributed by atoms with E-state index in [0.717, 1.165) is 6.07 Å². The molecule has 2 rings (SSSR count). The van der Waals surface area contributed by atoms with Crippen molar-refractivity contribution in [2.24, 2.45) is 5.73 Å². The number of H-pyrrole nitrogens is 1. The van der Waals surface area contributed by atoms with Gasteiger partial charge in [-0.2, -0.15) is 0 Å². The van der Waals surface area contributed by atoms with Crippen molar-refractivity contribution in [3.8, 4) is 0 Å². The Bertz CT molecular complexity index is 655. The first-order valence-corrected chi connectivity index (χ1v) is 6.97. The molecule has 1 heterocycles. The van der Waals surface area contributed by atoms with Gasteiger partial charge in [-0.15, -0.1) is 0 Å². The summed E-state index contributed by atoms with van der Waals surface area (Å²) in [5, 5.41) is 0. The summed E-state index contributed by atoms with van der Waals surface area (Å²) in [6.45, 7) is 0.0998. The summed E-state index contributed by atoms with van der Waals surface area (Å²) >= 11 is 0. The maximum Gasteiger partial charge on any atom is 0.243 e. The Labute approximate surface area is 109 Å². The van der Waals surface area contributed by atoms with Gasteiger partial charge in [-0.05, 0) is 17.7 Å². The van der Waals surface area contributed by atoms with E-state index in [2.05, 4.69) is 14.7 Å². The third kappa shape index (κ3) is 3.16. The minimum atomic E-state index is -3.94. The molecule has 0 fully saturated rings. The average Bonchev–Trinajstić information content (AvgIpc) is 2.90. The molecule has 0 spiro atoms. The van der Waals surface area contributed by atoms with Gasteiger partial charge in [0.2, 0.25) is 10.0 Å². The van der Waals surface area contributed by atoms with Crippen molar-refractivity contribution in [3.05, 3.63) is 47.8 Å². The summed E-state index contributed by atoms with van der Waals surface area (Å²) in [5.41, 5.74) is 5.95. The number of aromatic nitrogens is 2. The number of nitrogens with two attached hydrogens (primary N) is 1. The van der Waals surface area contributed by atoms with Crippen LogP contribution in [0.25, 0.3) is 0 Å². The largest absolute Gasteiger partial charge is 0.347 e. The number of aromatic amines is 1. The van der Waals surface area contributed by atoms with E-state index in [9.17, 15) is 12.8 Å². The maximum absolute atomic E-state index is 13.6. The second kappa shape index (κ2) is 5.47. The van der Waals surface area contributed by atoms with Crippen LogP contribution < -0.4 is 10.5 Å². The molecule has 0 atom stereocenters. The van der Waals surface area contributed by atoms with E-state index < -0.39 is 20.7 Å². The van der Waals surface area contributed by atoms with Crippen LogP contribution >= 0.6 is 0 Å². The summed E-state index contributed by atoms with van der Waals surface area (Å²) in [4.78, 5) is 6.20. The highest BCUT2D eigenvalue weighted by atomic mass is 32.2. The van der Waals surface area contributed by atoms with Crippen LogP contribution in [0.15, 0.2) is 35.5 Å². The molecular weight excluding hydrogens is 271 g/mol. The number of nitrogens with zero attached hydrogens (tertiary/aromatic N) is 1. The SMILES string of the molecule is NCc1ccc(F)c(S(=O)(=O)NCc2ncc[nH]2)c1. The number of imidazole rings is 1. The molecule has 4 N–H and O–H groups in total. The van der Waals surface area contributed by atoms with Crippen LogP contribution in [0.5, 0.6) is 0 Å².